The Labute approximate surface area is 159 Å². The van der Waals surface area contributed by atoms with Crippen molar-refractivity contribution in [3.8, 4) is 0 Å². The van der Waals surface area contributed by atoms with E-state index in [2.05, 4.69) is 45.3 Å². The van der Waals surface area contributed by atoms with Gasteiger partial charge in [-0.2, -0.15) is 5.10 Å². The number of benzene rings is 1. The molecule has 0 spiro atoms. The lowest BCUT2D eigenvalue weighted by Gasteiger charge is -2.33. The fourth-order valence-corrected chi connectivity index (χ4v) is 3.84. The van der Waals surface area contributed by atoms with E-state index in [1.165, 1.54) is 5.56 Å². The number of fused-ring (bicyclic) bond motifs is 1. The largest absolute Gasteiger partial charge is 0.343 e. The summed E-state index contributed by atoms with van der Waals surface area (Å²) < 4.78 is 1.85. The molecule has 1 aliphatic rings. The van der Waals surface area contributed by atoms with Crippen LogP contribution in [0.3, 0.4) is 0 Å². The SMILES string of the molecule is CN(C)C(=O)c1cc2nccc(C3CCCN(Cc4ccccc4)C3)n2n1. The maximum absolute atomic E-state index is 12.3. The average Bonchev–Trinajstić information content (AvgIpc) is 3.12. The number of carbonyl (C=O) groups is 1. The first kappa shape index (κ1) is 17.7. The van der Waals surface area contributed by atoms with Crippen molar-refractivity contribution in [1.82, 2.24) is 24.4 Å². The van der Waals surface area contributed by atoms with Gasteiger partial charge in [-0.1, -0.05) is 30.3 Å². The van der Waals surface area contributed by atoms with E-state index in [9.17, 15) is 4.79 Å². The molecule has 0 bridgehead atoms. The Kier molecular flexibility index (Phi) is 4.90. The van der Waals surface area contributed by atoms with Gasteiger partial charge in [0.25, 0.3) is 5.91 Å². The summed E-state index contributed by atoms with van der Waals surface area (Å²) >= 11 is 0. The third-order valence-electron chi connectivity index (χ3n) is 5.19. The van der Waals surface area contributed by atoms with Crippen molar-refractivity contribution in [3.63, 3.8) is 0 Å². The maximum atomic E-state index is 12.3. The number of hydrogen-bond donors (Lipinski definition) is 0. The van der Waals surface area contributed by atoms with Crippen LogP contribution in [0.5, 0.6) is 0 Å². The zero-order chi connectivity index (χ0) is 18.8. The summed E-state index contributed by atoms with van der Waals surface area (Å²) in [7, 11) is 3.48. The quantitative estimate of drug-likeness (QED) is 0.715. The Morgan fingerprint density at radius 3 is 2.81 bits per heavy atom. The first-order chi connectivity index (χ1) is 13.1. The predicted molar refractivity (Wildman–Crippen MR) is 105 cm³/mol. The summed E-state index contributed by atoms with van der Waals surface area (Å²) in [5.41, 5.74) is 3.65. The normalized spacial score (nSPS) is 17.9. The Morgan fingerprint density at radius 2 is 2.04 bits per heavy atom. The van der Waals surface area contributed by atoms with E-state index in [1.807, 2.05) is 16.8 Å². The Balaban J connectivity index is 1.58. The molecule has 140 valence electrons. The summed E-state index contributed by atoms with van der Waals surface area (Å²) in [5, 5.41) is 4.56. The Hall–Kier alpha value is -2.73. The molecule has 1 unspecified atom stereocenters. The minimum absolute atomic E-state index is 0.0965. The molecule has 1 aromatic carbocycles. The number of nitrogens with zero attached hydrogens (tertiary/aromatic N) is 5. The molecule has 1 fully saturated rings. The summed E-state index contributed by atoms with van der Waals surface area (Å²) in [6.07, 6.45) is 4.11. The molecule has 6 heteroatoms. The monoisotopic (exact) mass is 363 g/mol. The minimum atomic E-state index is -0.0965. The van der Waals surface area contributed by atoms with Gasteiger partial charge in [-0.25, -0.2) is 9.50 Å². The third-order valence-corrected chi connectivity index (χ3v) is 5.19. The zero-order valence-corrected chi connectivity index (χ0v) is 15.9. The van der Waals surface area contributed by atoms with Crippen molar-refractivity contribution >= 4 is 11.6 Å². The topological polar surface area (TPSA) is 53.7 Å². The van der Waals surface area contributed by atoms with Crippen LogP contribution in [-0.2, 0) is 6.54 Å². The first-order valence-electron chi connectivity index (χ1n) is 9.44. The molecule has 0 aliphatic carbocycles. The van der Waals surface area contributed by atoms with Gasteiger partial charge in [0.15, 0.2) is 11.3 Å². The molecule has 4 rings (SSSR count). The molecule has 1 amide bonds. The fourth-order valence-electron chi connectivity index (χ4n) is 3.84. The summed E-state index contributed by atoms with van der Waals surface area (Å²) in [4.78, 5) is 20.7. The highest BCUT2D eigenvalue weighted by Crippen LogP contribution is 2.28. The Morgan fingerprint density at radius 1 is 1.22 bits per heavy atom. The van der Waals surface area contributed by atoms with Crippen LogP contribution in [0.4, 0.5) is 0 Å². The van der Waals surface area contributed by atoms with Crippen molar-refractivity contribution in [1.29, 1.82) is 0 Å². The smallest absolute Gasteiger partial charge is 0.273 e. The van der Waals surface area contributed by atoms with Gasteiger partial charge in [-0.05, 0) is 31.0 Å². The number of hydrogen-bond acceptors (Lipinski definition) is 4. The second-order valence-electron chi connectivity index (χ2n) is 7.43. The number of rotatable bonds is 4. The van der Waals surface area contributed by atoms with Crippen LogP contribution in [0.15, 0.2) is 48.7 Å². The maximum Gasteiger partial charge on any atom is 0.273 e. The van der Waals surface area contributed by atoms with Gasteiger partial charge in [-0.3, -0.25) is 9.69 Å². The predicted octanol–water partition coefficient (Wildman–Crippen LogP) is 2.81. The van der Waals surface area contributed by atoms with E-state index in [-0.39, 0.29) is 5.91 Å². The second kappa shape index (κ2) is 7.48. The van der Waals surface area contributed by atoms with Gasteiger partial charge in [0.1, 0.15) is 0 Å². The van der Waals surface area contributed by atoms with Gasteiger partial charge >= 0.3 is 0 Å². The van der Waals surface area contributed by atoms with E-state index >= 15 is 0 Å². The van der Waals surface area contributed by atoms with Crippen LogP contribution in [0.25, 0.3) is 5.65 Å². The van der Waals surface area contributed by atoms with Crippen molar-refractivity contribution in [2.24, 2.45) is 0 Å². The number of likely N-dealkylation sites (tertiary alicyclic amines) is 1. The van der Waals surface area contributed by atoms with E-state index in [4.69, 9.17) is 0 Å². The van der Waals surface area contributed by atoms with Crippen molar-refractivity contribution in [3.05, 3.63) is 65.6 Å². The van der Waals surface area contributed by atoms with Gasteiger partial charge in [0.2, 0.25) is 0 Å². The minimum Gasteiger partial charge on any atom is -0.343 e. The fraction of sp³-hybridized carbons (Fsp3) is 0.381. The lowest BCUT2D eigenvalue weighted by Crippen LogP contribution is -2.34. The molecule has 3 heterocycles. The van der Waals surface area contributed by atoms with Gasteiger partial charge < -0.3 is 4.90 Å². The van der Waals surface area contributed by atoms with E-state index in [1.54, 1.807) is 25.1 Å². The molecule has 1 atom stereocenters. The number of amides is 1. The lowest BCUT2D eigenvalue weighted by atomic mass is 9.94. The van der Waals surface area contributed by atoms with Gasteiger partial charge in [0, 0.05) is 45.4 Å². The molecule has 1 aliphatic heterocycles. The Bertz CT molecular complexity index is 934. The molecule has 0 radical (unpaired) electrons. The van der Waals surface area contributed by atoms with E-state index in [0.717, 1.165) is 43.8 Å². The molecule has 27 heavy (non-hydrogen) atoms. The van der Waals surface area contributed by atoms with Crippen LogP contribution in [-0.4, -0.2) is 57.5 Å². The molecular formula is C21H25N5O. The standard InChI is InChI=1S/C21H25N5O/c1-24(2)21(27)18-13-20-22-11-10-19(26(20)23-18)17-9-6-12-25(15-17)14-16-7-4-3-5-8-16/h3-5,7-8,10-11,13,17H,6,9,12,14-15H2,1-2H3. The second-order valence-corrected chi connectivity index (χ2v) is 7.43. The molecule has 0 saturated carbocycles. The van der Waals surface area contributed by atoms with Crippen LogP contribution < -0.4 is 0 Å². The number of carbonyl (C=O) groups excluding carboxylic acids is 1. The highest BCUT2D eigenvalue weighted by Gasteiger charge is 2.24. The van der Waals surface area contributed by atoms with Crippen LogP contribution in [0.1, 0.15) is 40.5 Å². The van der Waals surface area contributed by atoms with Crippen LogP contribution in [0, 0.1) is 0 Å². The summed E-state index contributed by atoms with van der Waals surface area (Å²) in [6.45, 7) is 3.07. The summed E-state index contributed by atoms with van der Waals surface area (Å²) in [6, 6.07) is 14.4. The number of aromatic nitrogens is 3. The van der Waals surface area contributed by atoms with Crippen molar-refractivity contribution in [2.75, 3.05) is 27.2 Å². The lowest BCUT2D eigenvalue weighted by molar-refractivity contribution is 0.0821. The first-order valence-corrected chi connectivity index (χ1v) is 9.44. The van der Waals surface area contributed by atoms with E-state index in [0.29, 0.717) is 11.6 Å². The van der Waals surface area contributed by atoms with Crippen molar-refractivity contribution < 1.29 is 4.79 Å². The highest BCUT2D eigenvalue weighted by atomic mass is 16.2. The van der Waals surface area contributed by atoms with Crippen LogP contribution >= 0.6 is 0 Å². The molecule has 3 aromatic rings. The van der Waals surface area contributed by atoms with E-state index < -0.39 is 0 Å². The molecule has 6 nitrogen and oxygen atoms in total. The molecule has 0 N–H and O–H groups in total. The molecule has 1 saturated heterocycles. The average molecular weight is 363 g/mol. The highest BCUT2D eigenvalue weighted by molar-refractivity contribution is 5.92. The van der Waals surface area contributed by atoms with Crippen molar-refractivity contribution in [2.45, 2.75) is 25.3 Å². The third kappa shape index (κ3) is 3.71. The molecular weight excluding hydrogens is 338 g/mol. The van der Waals surface area contributed by atoms with Crippen LogP contribution in [0.2, 0.25) is 0 Å². The summed E-state index contributed by atoms with van der Waals surface area (Å²) in [5.74, 6) is 0.288. The zero-order valence-electron chi connectivity index (χ0n) is 15.9. The molecule has 2 aromatic heterocycles. The van der Waals surface area contributed by atoms with Gasteiger partial charge in [-0.15, -0.1) is 0 Å². The van der Waals surface area contributed by atoms with Gasteiger partial charge in [0.05, 0.1) is 5.69 Å². The number of piperidine rings is 1.